The number of allylic oxidation sites excluding steroid dienone is 1. The lowest BCUT2D eigenvalue weighted by molar-refractivity contribution is -0.136. The van der Waals surface area contributed by atoms with Gasteiger partial charge in [0.15, 0.2) is 0 Å². The molecule has 1 N–H and O–H groups in total. The lowest BCUT2D eigenvalue weighted by Gasteiger charge is -2.28. The first-order chi connectivity index (χ1) is 9.19. The fourth-order valence-electron chi connectivity index (χ4n) is 3.05. The van der Waals surface area contributed by atoms with Gasteiger partial charge in [-0.05, 0) is 55.1 Å². The number of aliphatic carboxylic acids is 1. The highest BCUT2D eigenvalue weighted by Crippen LogP contribution is 2.37. The molecule has 1 aromatic carbocycles. The predicted molar refractivity (Wildman–Crippen MR) is 77.3 cm³/mol. The van der Waals surface area contributed by atoms with E-state index in [1.165, 1.54) is 31.2 Å². The number of hydrogen-bond donors (Lipinski definition) is 1. The van der Waals surface area contributed by atoms with Gasteiger partial charge in [-0.1, -0.05) is 30.3 Å². The summed E-state index contributed by atoms with van der Waals surface area (Å²) in [5.74, 6) is 0.706. The number of carbonyl (C=O) groups is 1. The van der Waals surface area contributed by atoms with E-state index in [0.29, 0.717) is 5.92 Å². The maximum absolute atomic E-state index is 10.6. The van der Waals surface area contributed by atoms with Crippen molar-refractivity contribution in [3.63, 3.8) is 0 Å². The lowest BCUT2D eigenvalue weighted by atomic mass is 9.77. The van der Waals surface area contributed by atoms with Crippen molar-refractivity contribution in [3.8, 4) is 0 Å². The Hall–Kier alpha value is -1.57. The van der Waals surface area contributed by atoms with Crippen molar-refractivity contribution in [1.29, 1.82) is 0 Å². The van der Waals surface area contributed by atoms with E-state index in [4.69, 9.17) is 5.11 Å². The van der Waals surface area contributed by atoms with Crippen molar-refractivity contribution in [3.05, 3.63) is 48.0 Å². The van der Waals surface area contributed by atoms with Gasteiger partial charge >= 0.3 is 5.97 Å². The highest BCUT2D eigenvalue weighted by atomic mass is 16.4. The summed E-state index contributed by atoms with van der Waals surface area (Å²) in [4.78, 5) is 10.6. The molecule has 1 aliphatic rings. The normalized spacial score (nSPS) is 22.9. The van der Waals surface area contributed by atoms with Gasteiger partial charge < -0.3 is 5.11 Å². The van der Waals surface area contributed by atoms with Crippen molar-refractivity contribution in [2.45, 2.75) is 44.4 Å². The second-order valence-corrected chi connectivity index (χ2v) is 5.55. The van der Waals surface area contributed by atoms with Crippen LogP contribution < -0.4 is 0 Å². The van der Waals surface area contributed by atoms with Gasteiger partial charge in [0.25, 0.3) is 0 Å². The molecule has 1 aliphatic carbocycles. The summed E-state index contributed by atoms with van der Waals surface area (Å²) in [6, 6.07) is 8.13. The molecule has 2 heteroatoms. The largest absolute Gasteiger partial charge is 0.481 e. The van der Waals surface area contributed by atoms with E-state index < -0.39 is 5.97 Å². The molecule has 0 saturated heterocycles. The average molecular weight is 258 g/mol. The molecule has 1 aromatic rings. The Morgan fingerprint density at radius 2 is 1.84 bits per heavy atom. The quantitative estimate of drug-likeness (QED) is 0.805. The SMILES string of the molecule is C=CCC1CCC(c2ccc(CC(=O)O)cc2)CC1. The van der Waals surface area contributed by atoms with Gasteiger partial charge in [-0.3, -0.25) is 4.79 Å². The molecule has 2 nitrogen and oxygen atoms in total. The Balaban J connectivity index is 1.92. The number of carboxylic acid groups (broad SMARTS) is 1. The van der Waals surface area contributed by atoms with E-state index in [0.717, 1.165) is 17.9 Å². The summed E-state index contributed by atoms with van der Waals surface area (Å²) in [5.41, 5.74) is 2.25. The summed E-state index contributed by atoms with van der Waals surface area (Å²) in [6.07, 6.45) is 8.36. The highest BCUT2D eigenvalue weighted by Gasteiger charge is 2.21. The summed E-state index contributed by atoms with van der Waals surface area (Å²) < 4.78 is 0. The molecule has 0 aliphatic heterocycles. The topological polar surface area (TPSA) is 37.3 Å². The van der Waals surface area contributed by atoms with Gasteiger partial charge in [-0.25, -0.2) is 0 Å². The second kappa shape index (κ2) is 6.55. The monoisotopic (exact) mass is 258 g/mol. The van der Waals surface area contributed by atoms with Crippen LogP contribution in [0.4, 0.5) is 0 Å². The minimum absolute atomic E-state index is 0.117. The third-order valence-electron chi connectivity index (χ3n) is 4.15. The van der Waals surface area contributed by atoms with Gasteiger partial charge in [0.2, 0.25) is 0 Å². The Morgan fingerprint density at radius 1 is 1.21 bits per heavy atom. The molecule has 0 aromatic heterocycles. The Labute approximate surface area is 115 Å². The van der Waals surface area contributed by atoms with Crippen LogP contribution in [0.3, 0.4) is 0 Å². The molecule has 2 rings (SSSR count). The minimum Gasteiger partial charge on any atom is -0.481 e. The molecular weight excluding hydrogens is 236 g/mol. The number of rotatable bonds is 5. The van der Waals surface area contributed by atoms with Crippen LogP contribution in [0.2, 0.25) is 0 Å². The van der Waals surface area contributed by atoms with E-state index in [1.807, 2.05) is 18.2 Å². The fourth-order valence-corrected chi connectivity index (χ4v) is 3.05. The van der Waals surface area contributed by atoms with Crippen LogP contribution in [0, 0.1) is 5.92 Å². The van der Waals surface area contributed by atoms with Gasteiger partial charge in [0, 0.05) is 0 Å². The number of hydrogen-bond acceptors (Lipinski definition) is 1. The zero-order chi connectivity index (χ0) is 13.7. The van der Waals surface area contributed by atoms with Gasteiger partial charge in [0.05, 0.1) is 6.42 Å². The van der Waals surface area contributed by atoms with Crippen molar-refractivity contribution < 1.29 is 9.90 Å². The molecule has 102 valence electrons. The first-order valence-electron chi connectivity index (χ1n) is 7.10. The summed E-state index contributed by atoms with van der Waals surface area (Å²) in [7, 11) is 0. The van der Waals surface area contributed by atoms with E-state index in [1.54, 1.807) is 0 Å². The molecule has 0 amide bonds. The van der Waals surface area contributed by atoms with Crippen molar-refractivity contribution in [2.75, 3.05) is 0 Å². The number of carboxylic acids is 1. The molecule has 0 unspecified atom stereocenters. The maximum atomic E-state index is 10.6. The molecule has 0 atom stereocenters. The van der Waals surface area contributed by atoms with Crippen LogP contribution in [0.15, 0.2) is 36.9 Å². The van der Waals surface area contributed by atoms with Gasteiger partial charge in [-0.2, -0.15) is 0 Å². The molecule has 0 spiro atoms. The van der Waals surface area contributed by atoms with Crippen LogP contribution in [0.25, 0.3) is 0 Å². The van der Waals surface area contributed by atoms with Crippen LogP contribution in [-0.2, 0) is 11.2 Å². The Kier molecular flexibility index (Phi) is 4.78. The first kappa shape index (κ1) is 13.9. The van der Waals surface area contributed by atoms with Crippen LogP contribution in [0.5, 0.6) is 0 Å². The van der Waals surface area contributed by atoms with Crippen molar-refractivity contribution in [2.24, 2.45) is 5.92 Å². The van der Waals surface area contributed by atoms with E-state index >= 15 is 0 Å². The molecule has 0 heterocycles. The van der Waals surface area contributed by atoms with Crippen LogP contribution in [0.1, 0.15) is 49.1 Å². The van der Waals surface area contributed by atoms with Crippen molar-refractivity contribution in [1.82, 2.24) is 0 Å². The second-order valence-electron chi connectivity index (χ2n) is 5.55. The van der Waals surface area contributed by atoms with E-state index in [-0.39, 0.29) is 6.42 Å². The number of benzene rings is 1. The molecule has 19 heavy (non-hydrogen) atoms. The van der Waals surface area contributed by atoms with Crippen molar-refractivity contribution >= 4 is 5.97 Å². The Bertz CT molecular complexity index is 425. The summed E-state index contributed by atoms with van der Waals surface area (Å²) in [5, 5.41) is 8.76. The summed E-state index contributed by atoms with van der Waals surface area (Å²) in [6.45, 7) is 3.82. The fraction of sp³-hybridized carbons (Fsp3) is 0.471. The molecule has 0 bridgehead atoms. The summed E-state index contributed by atoms with van der Waals surface area (Å²) >= 11 is 0. The third kappa shape index (κ3) is 3.95. The molecular formula is C17H22O2. The standard InChI is InChI=1S/C17H22O2/c1-2-3-13-4-8-15(9-5-13)16-10-6-14(7-11-16)12-17(18)19/h2,6-7,10-11,13,15H,1,3-5,8-9,12H2,(H,18,19). The van der Waals surface area contributed by atoms with E-state index in [9.17, 15) is 4.79 Å². The van der Waals surface area contributed by atoms with Crippen LogP contribution in [-0.4, -0.2) is 11.1 Å². The maximum Gasteiger partial charge on any atom is 0.307 e. The van der Waals surface area contributed by atoms with Gasteiger partial charge in [-0.15, -0.1) is 6.58 Å². The third-order valence-corrected chi connectivity index (χ3v) is 4.15. The highest BCUT2D eigenvalue weighted by molar-refractivity contribution is 5.70. The molecule has 1 fully saturated rings. The Morgan fingerprint density at radius 3 is 2.37 bits per heavy atom. The predicted octanol–water partition coefficient (Wildman–Crippen LogP) is 4.16. The molecule has 1 saturated carbocycles. The zero-order valence-electron chi connectivity index (χ0n) is 11.3. The van der Waals surface area contributed by atoms with Gasteiger partial charge in [0.1, 0.15) is 0 Å². The van der Waals surface area contributed by atoms with Crippen LogP contribution >= 0.6 is 0 Å². The first-order valence-corrected chi connectivity index (χ1v) is 7.10. The lowest BCUT2D eigenvalue weighted by Crippen LogP contribution is -2.12. The smallest absolute Gasteiger partial charge is 0.307 e. The minimum atomic E-state index is -0.766. The average Bonchev–Trinajstić information content (AvgIpc) is 2.40. The zero-order valence-corrected chi connectivity index (χ0v) is 11.3. The molecule has 0 radical (unpaired) electrons. The van der Waals surface area contributed by atoms with E-state index in [2.05, 4.69) is 18.7 Å².